The maximum atomic E-state index is 14.7. The fourth-order valence-corrected chi connectivity index (χ4v) is 13.7. The quantitative estimate of drug-likeness (QED) is 0.0896. The molecule has 1 amide bonds. The Morgan fingerprint density at radius 1 is 0.943 bits per heavy atom. The summed E-state index contributed by atoms with van der Waals surface area (Å²) in [5.74, 6) is 0.167. The molecule has 18 heteroatoms. The molecule has 4 saturated heterocycles. The van der Waals surface area contributed by atoms with Crippen molar-refractivity contribution in [2.24, 2.45) is 11.3 Å². The third kappa shape index (κ3) is 8.00. The SMILES string of the molecule is CC(C)c1ccccc1[C@@H]1CCCN1C1CC2(CCN(c3ccc(C(=O)NS(=O)(=O)c4cc5c(c([N+](=O)[O-])c4)N[C@H](C4CCOCC4)CO5)c(N4c5cc6cc[nH]c6nc5O[C@@H]5COC[C@H]54)c3)CC2)C1. The lowest BCUT2D eigenvalue weighted by Gasteiger charge is -2.56. The molecule has 2 aromatic heterocycles. The topological polar surface area (TPSA) is 194 Å². The number of pyridine rings is 1. The number of nitro groups is 1. The first-order chi connectivity index (χ1) is 33.9. The summed E-state index contributed by atoms with van der Waals surface area (Å²) in [6, 6.07) is 21.2. The van der Waals surface area contributed by atoms with E-state index in [1.165, 1.54) is 42.9 Å². The molecule has 1 spiro atoms. The highest BCUT2D eigenvalue weighted by Crippen LogP contribution is 2.55. The van der Waals surface area contributed by atoms with Gasteiger partial charge >= 0.3 is 0 Å². The second-order valence-corrected chi connectivity index (χ2v) is 22.5. The fourth-order valence-electron chi connectivity index (χ4n) is 12.7. The van der Waals surface area contributed by atoms with Crippen LogP contribution in [0.2, 0.25) is 0 Å². The molecule has 1 aliphatic carbocycles. The summed E-state index contributed by atoms with van der Waals surface area (Å²) in [7, 11) is -4.68. The van der Waals surface area contributed by atoms with Gasteiger partial charge in [-0.05, 0) is 117 Å². The van der Waals surface area contributed by atoms with E-state index in [0.717, 1.165) is 62.5 Å². The summed E-state index contributed by atoms with van der Waals surface area (Å²) >= 11 is 0. The summed E-state index contributed by atoms with van der Waals surface area (Å²) in [4.78, 5) is 41.3. The van der Waals surface area contributed by atoms with Crippen molar-refractivity contribution >= 4 is 55.4 Å². The van der Waals surface area contributed by atoms with Crippen LogP contribution in [0.1, 0.15) is 98.7 Å². The number of rotatable bonds is 10. The molecule has 8 heterocycles. The highest BCUT2D eigenvalue weighted by atomic mass is 32.2. The largest absolute Gasteiger partial charge is 0.489 e. The van der Waals surface area contributed by atoms with E-state index in [-0.39, 0.29) is 47.0 Å². The van der Waals surface area contributed by atoms with Crippen molar-refractivity contribution in [1.29, 1.82) is 0 Å². The van der Waals surface area contributed by atoms with Gasteiger partial charge in [0.25, 0.3) is 21.6 Å². The van der Waals surface area contributed by atoms with Crippen LogP contribution in [0.3, 0.4) is 0 Å². The predicted octanol–water partition coefficient (Wildman–Crippen LogP) is 8.20. The maximum Gasteiger partial charge on any atom is 0.297 e. The molecule has 368 valence electrons. The molecule has 0 unspecified atom stereocenters. The molecule has 5 fully saturated rings. The average Bonchev–Trinajstić information content (AvgIpc) is 4.16. The monoisotopic (exact) mass is 972 g/mol. The molecular weight excluding hydrogens is 913 g/mol. The molecule has 17 nitrogen and oxygen atoms in total. The molecule has 3 N–H and O–H groups in total. The smallest absolute Gasteiger partial charge is 0.297 e. The molecule has 7 aliphatic rings. The van der Waals surface area contributed by atoms with E-state index in [1.807, 2.05) is 29.2 Å². The van der Waals surface area contributed by atoms with Crippen LogP contribution in [0.15, 0.2) is 77.8 Å². The first-order valence-corrected chi connectivity index (χ1v) is 26.5. The Hall–Kier alpha value is -5.95. The van der Waals surface area contributed by atoms with Crippen molar-refractivity contribution in [2.45, 2.75) is 106 Å². The first-order valence-electron chi connectivity index (χ1n) is 25.0. The molecule has 0 radical (unpaired) electrons. The Morgan fingerprint density at radius 3 is 2.56 bits per heavy atom. The summed E-state index contributed by atoms with van der Waals surface area (Å²) in [5, 5.41) is 16.6. The van der Waals surface area contributed by atoms with E-state index < -0.39 is 37.5 Å². The standard InChI is InChI=1S/C52H60N8O9S/c1-31(2)37-6-3-4-7-38(37)41-8-5-17-58(41)35-26-52(27-35)14-18-57(19-15-52)34-9-10-39(42(23-34)59-44-22-33-11-16-53-49(33)55-51(44)69-47-30-67-29-45(47)59)50(61)56-70(64,65)36-24-43(60(62)63)48-46(25-36)68-28-40(54-48)32-12-20-66-21-13-32/h3-4,6-7,9-11,16,22-25,31-32,35,40-41,45,47,54H,5,8,12-15,17-21,26-30H2,1-2H3,(H,53,55)(H,56,61)/t40-,41-,45+,47+/m0/s1. The molecule has 1 saturated carbocycles. The van der Waals surface area contributed by atoms with Crippen molar-refractivity contribution in [3.8, 4) is 11.6 Å². The van der Waals surface area contributed by atoms with Gasteiger partial charge in [-0.25, -0.2) is 13.1 Å². The minimum atomic E-state index is -4.68. The number of sulfonamides is 1. The minimum absolute atomic E-state index is 0.0320. The van der Waals surface area contributed by atoms with Gasteiger partial charge in [0.1, 0.15) is 24.0 Å². The number of nitrogens with one attached hydrogen (secondary N) is 3. The molecule has 70 heavy (non-hydrogen) atoms. The maximum absolute atomic E-state index is 14.7. The zero-order valence-electron chi connectivity index (χ0n) is 39.6. The predicted molar refractivity (Wildman–Crippen MR) is 264 cm³/mol. The number of benzene rings is 3. The van der Waals surface area contributed by atoms with Gasteiger partial charge in [-0.1, -0.05) is 38.1 Å². The number of aromatic nitrogens is 2. The van der Waals surface area contributed by atoms with Gasteiger partial charge in [-0.3, -0.25) is 19.8 Å². The second-order valence-electron chi connectivity index (χ2n) is 20.8. The highest BCUT2D eigenvalue weighted by molar-refractivity contribution is 7.90. The molecular formula is C52H60N8O9S. The zero-order valence-corrected chi connectivity index (χ0v) is 40.4. The van der Waals surface area contributed by atoms with Crippen LogP contribution in [0.25, 0.3) is 11.0 Å². The van der Waals surface area contributed by atoms with Crippen LogP contribution in [0, 0.1) is 21.4 Å². The van der Waals surface area contributed by atoms with Crippen LogP contribution >= 0.6 is 0 Å². The second kappa shape index (κ2) is 17.7. The van der Waals surface area contributed by atoms with Crippen molar-refractivity contribution in [3.05, 3.63) is 99.7 Å². The Morgan fingerprint density at radius 2 is 1.76 bits per heavy atom. The average molecular weight is 973 g/mol. The number of aromatic amines is 1. The Kier molecular flexibility index (Phi) is 11.4. The van der Waals surface area contributed by atoms with Crippen LogP contribution in [0.4, 0.5) is 28.4 Å². The van der Waals surface area contributed by atoms with E-state index in [2.05, 4.69) is 62.9 Å². The lowest BCUT2D eigenvalue weighted by molar-refractivity contribution is -0.384. The van der Waals surface area contributed by atoms with Crippen molar-refractivity contribution in [1.82, 2.24) is 19.6 Å². The summed E-state index contributed by atoms with van der Waals surface area (Å²) < 4.78 is 54.9. The number of carbonyl (C=O) groups is 1. The van der Waals surface area contributed by atoms with Gasteiger partial charge in [-0.2, -0.15) is 4.98 Å². The number of hydrogen-bond acceptors (Lipinski definition) is 14. The molecule has 3 aromatic carbocycles. The number of H-pyrrole nitrogens is 1. The lowest BCUT2D eigenvalue weighted by atomic mass is 9.59. The van der Waals surface area contributed by atoms with E-state index in [1.54, 1.807) is 12.3 Å². The normalized spacial score (nSPS) is 24.6. The van der Waals surface area contributed by atoms with Crippen molar-refractivity contribution < 1.29 is 37.1 Å². The number of ether oxygens (including phenoxy) is 4. The van der Waals surface area contributed by atoms with Crippen LogP contribution < -0.4 is 29.3 Å². The van der Waals surface area contributed by atoms with E-state index in [0.29, 0.717) is 67.3 Å². The molecule has 5 aromatic rings. The van der Waals surface area contributed by atoms with Crippen LogP contribution in [-0.4, -0.2) is 111 Å². The first kappa shape index (κ1) is 45.2. The Labute approximate surface area is 407 Å². The number of nitrogens with zero attached hydrogens (tertiary/aromatic N) is 5. The molecule has 6 aliphatic heterocycles. The van der Waals surface area contributed by atoms with Gasteiger partial charge in [-0.15, -0.1) is 0 Å². The van der Waals surface area contributed by atoms with Gasteiger partial charge < -0.3 is 39.0 Å². The van der Waals surface area contributed by atoms with Gasteiger partial charge in [0.15, 0.2) is 11.4 Å². The van der Waals surface area contributed by atoms with E-state index >= 15 is 0 Å². The summed E-state index contributed by atoms with van der Waals surface area (Å²) in [6.07, 6.45) is 9.87. The Bertz CT molecular complexity index is 2960. The number of nitro benzene ring substituents is 1. The minimum Gasteiger partial charge on any atom is -0.489 e. The Balaban J connectivity index is 0.831. The molecule has 12 rings (SSSR count). The van der Waals surface area contributed by atoms with Gasteiger partial charge in [0.05, 0.1) is 46.4 Å². The van der Waals surface area contributed by atoms with Crippen molar-refractivity contribution in [2.75, 3.05) is 67.8 Å². The molecule has 4 atom stereocenters. The fraction of sp³-hybridized carbons (Fsp3) is 0.500. The number of hydrogen-bond donors (Lipinski definition) is 3. The van der Waals surface area contributed by atoms with Crippen LogP contribution in [-0.2, 0) is 19.5 Å². The third-order valence-electron chi connectivity index (χ3n) is 16.5. The summed E-state index contributed by atoms with van der Waals surface area (Å²) in [5.41, 5.74) is 5.66. The van der Waals surface area contributed by atoms with Gasteiger partial charge in [0, 0.05) is 67.8 Å². The number of anilines is 4. The highest BCUT2D eigenvalue weighted by Gasteiger charge is 2.50. The number of carbonyl (C=O) groups excluding carboxylic acids is 1. The summed E-state index contributed by atoms with van der Waals surface area (Å²) in [6.45, 7) is 9.41. The van der Waals surface area contributed by atoms with Gasteiger partial charge in [0.2, 0.25) is 5.88 Å². The van der Waals surface area contributed by atoms with Crippen molar-refractivity contribution in [3.63, 3.8) is 0 Å². The van der Waals surface area contributed by atoms with E-state index in [9.17, 15) is 23.3 Å². The van der Waals surface area contributed by atoms with E-state index in [4.69, 9.17) is 23.9 Å². The molecule has 0 bridgehead atoms. The number of amides is 1. The lowest BCUT2D eigenvalue weighted by Crippen LogP contribution is -2.55. The number of likely N-dealkylation sites (tertiary alicyclic amines) is 1. The number of fused-ring (bicyclic) bond motifs is 4. The third-order valence-corrected chi connectivity index (χ3v) is 17.8. The number of piperidine rings is 1. The zero-order chi connectivity index (χ0) is 47.9. The van der Waals surface area contributed by atoms with Crippen LogP contribution in [0.5, 0.6) is 11.6 Å².